The Bertz CT molecular complexity index is 1130. The van der Waals surface area contributed by atoms with Crippen LogP contribution in [-0.2, 0) is 6.61 Å². The molecule has 1 N–H and O–H groups in total. The molecule has 0 aliphatic rings. The second kappa shape index (κ2) is 10.4. The molecule has 6 nitrogen and oxygen atoms in total. The number of nitrogens with one attached hydrogen (secondary N) is 1. The van der Waals surface area contributed by atoms with E-state index in [0.29, 0.717) is 23.7 Å². The van der Waals surface area contributed by atoms with E-state index in [9.17, 15) is 4.79 Å². The van der Waals surface area contributed by atoms with Gasteiger partial charge in [0.1, 0.15) is 23.9 Å². The van der Waals surface area contributed by atoms with Crippen LogP contribution in [0.4, 0.5) is 0 Å². The standard InChI is InChI=1S/C25H27ClN2O4/c1-15(2)21-12-22(26)16(3)10-24(21)32-14-19-11-18(6-7-23(19)30-5)13-27-28-25(29)20-8-9-31-17(20)4/h6-13,15H,14H2,1-5H3,(H,28,29)/b27-13+. The number of rotatable bonds is 8. The van der Waals surface area contributed by atoms with Gasteiger partial charge >= 0.3 is 0 Å². The van der Waals surface area contributed by atoms with Gasteiger partial charge in [-0.2, -0.15) is 5.10 Å². The van der Waals surface area contributed by atoms with Crippen LogP contribution in [0, 0.1) is 13.8 Å². The maximum absolute atomic E-state index is 12.1. The number of ether oxygens (including phenoxy) is 2. The average Bonchev–Trinajstić information content (AvgIpc) is 3.20. The Morgan fingerprint density at radius 3 is 2.62 bits per heavy atom. The molecule has 0 fully saturated rings. The first kappa shape index (κ1) is 23.4. The summed E-state index contributed by atoms with van der Waals surface area (Å²) < 4.78 is 16.8. The molecule has 3 aromatic rings. The first-order chi connectivity index (χ1) is 15.3. The van der Waals surface area contributed by atoms with Gasteiger partial charge in [0, 0.05) is 10.6 Å². The van der Waals surface area contributed by atoms with Crippen LogP contribution in [0.5, 0.6) is 11.5 Å². The summed E-state index contributed by atoms with van der Waals surface area (Å²) in [7, 11) is 1.62. The molecule has 0 aliphatic carbocycles. The molecule has 1 heterocycles. The van der Waals surface area contributed by atoms with Crippen LogP contribution < -0.4 is 14.9 Å². The van der Waals surface area contributed by atoms with Gasteiger partial charge in [-0.1, -0.05) is 25.4 Å². The van der Waals surface area contributed by atoms with Crippen molar-refractivity contribution in [3.8, 4) is 11.5 Å². The molecule has 3 rings (SSSR count). The van der Waals surface area contributed by atoms with E-state index in [0.717, 1.165) is 33.0 Å². The van der Waals surface area contributed by atoms with Crippen LogP contribution in [0.3, 0.4) is 0 Å². The fourth-order valence-electron chi connectivity index (χ4n) is 3.24. The number of furan rings is 1. The number of aryl methyl sites for hydroxylation is 2. The quantitative estimate of drug-likeness (QED) is 0.333. The lowest BCUT2D eigenvalue weighted by Crippen LogP contribution is -2.17. The number of methoxy groups -OCH3 is 1. The molecule has 0 atom stereocenters. The fourth-order valence-corrected chi connectivity index (χ4v) is 3.41. The van der Waals surface area contributed by atoms with Crippen molar-refractivity contribution >= 4 is 23.7 Å². The Morgan fingerprint density at radius 1 is 1.19 bits per heavy atom. The summed E-state index contributed by atoms with van der Waals surface area (Å²) in [5, 5.41) is 4.78. The lowest BCUT2D eigenvalue weighted by atomic mass is 10.0. The first-order valence-corrected chi connectivity index (χ1v) is 10.6. The minimum atomic E-state index is -0.330. The van der Waals surface area contributed by atoms with E-state index in [-0.39, 0.29) is 11.8 Å². The summed E-state index contributed by atoms with van der Waals surface area (Å²) >= 11 is 6.30. The molecule has 0 spiro atoms. The van der Waals surface area contributed by atoms with E-state index in [4.69, 9.17) is 25.5 Å². The van der Waals surface area contributed by atoms with Gasteiger partial charge in [0.2, 0.25) is 0 Å². The van der Waals surface area contributed by atoms with Crippen molar-refractivity contribution in [1.29, 1.82) is 0 Å². The van der Waals surface area contributed by atoms with Crippen LogP contribution >= 0.6 is 11.6 Å². The zero-order valence-corrected chi connectivity index (χ0v) is 19.6. The third-order valence-electron chi connectivity index (χ3n) is 5.08. The Kier molecular flexibility index (Phi) is 7.59. The topological polar surface area (TPSA) is 73.1 Å². The lowest BCUT2D eigenvalue weighted by molar-refractivity contribution is 0.0953. The summed E-state index contributed by atoms with van der Waals surface area (Å²) in [6.45, 7) is 8.19. The molecule has 0 radical (unpaired) electrons. The van der Waals surface area contributed by atoms with Crippen molar-refractivity contribution in [2.75, 3.05) is 7.11 Å². The third kappa shape index (κ3) is 5.51. The number of carbonyl (C=O) groups is 1. The summed E-state index contributed by atoms with van der Waals surface area (Å²) in [5.74, 6) is 1.98. The molecular weight excluding hydrogens is 428 g/mol. The van der Waals surface area contributed by atoms with Crippen molar-refractivity contribution < 1.29 is 18.7 Å². The minimum absolute atomic E-state index is 0.269. The highest BCUT2D eigenvalue weighted by Crippen LogP contribution is 2.33. The van der Waals surface area contributed by atoms with Crippen molar-refractivity contribution in [3.05, 3.63) is 81.3 Å². The predicted octanol–water partition coefficient (Wildman–Crippen LogP) is 6.02. The number of carbonyl (C=O) groups excluding carboxylic acids is 1. The predicted molar refractivity (Wildman–Crippen MR) is 126 cm³/mol. The van der Waals surface area contributed by atoms with E-state index in [2.05, 4.69) is 24.4 Å². The second-order valence-corrected chi connectivity index (χ2v) is 8.15. The van der Waals surface area contributed by atoms with Gasteiger partial charge < -0.3 is 13.9 Å². The Labute approximate surface area is 193 Å². The van der Waals surface area contributed by atoms with Gasteiger partial charge in [0.25, 0.3) is 5.91 Å². The number of nitrogens with zero attached hydrogens (tertiary/aromatic N) is 1. The maximum atomic E-state index is 12.1. The van der Waals surface area contributed by atoms with Crippen LogP contribution in [-0.4, -0.2) is 19.2 Å². The van der Waals surface area contributed by atoms with Gasteiger partial charge in [-0.15, -0.1) is 0 Å². The van der Waals surface area contributed by atoms with Gasteiger partial charge in [-0.3, -0.25) is 4.79 Å². The van der Waals surface area contributed by atoms with Crippen LogP contribution in [0.25, 0.3) is 0 Å². The van der Waals surface area contributed by atoms with Crippen molar-refractivity contribution in [2.24, 2.45) is 5.10 Å². The van der Waals surface area contributed by atoms with Crippen molar-refractivity contribution in [2.45, 2.75) is 40.2 Å². The Balaban J connectivity index is 1.75. The molecule has 0 aliphatic heterocycles. The molecule has 32 heavy (non-hydrogen) atoms. The second-order valence-electron chi connectivity index (χ2n) is 7.74. The molecule has 1 aromatic heterocycles. The highest BCUT2D eigenvalue weighted by Gasteiger charge is 2.13. The summed E-state index contributed by atoms with van der Waals surface area (Å²) in [4.78, 5) is 12.1. The van der Waals surface area contributed by atoms with E-state index in [1.165, 1.54) is 6.26 Å². The third-order valence-corrected chi connectivity index (χ3v) is 5.49. The summed E-state index contributed by atoms with van der Waals surface area (Å²) in [6, 6.07) is 11.1. The minimum Gasteiger partial charge on any atom is -0.496 e. The molecule has 0 bridgehead atoms. The number of hydrogen-bond acceptors (Lipinski definition) is 5. The van der Waals surface area contributed by atoms with E-state index < -0.39 is 0 Å². The zero-order valence-electron chi connectivity index (χ0n) is 18.9. The SMILES string of the molecule is COc1ccc(/C=N/NC(=O)c2ccoc2C)cc1COc1cc(C)c(Cl)cc1C(C)C. The van der Waals surface area contributed by atoms with Gasteiger partial charge in [0.05, 0.1) is 25.2 Å². The monoisotopic (exact) mass is 454 g/mol. The number of amides is 1. The van der Waals surface area contributed by atoms with Crippen molar-refractivity contribution in [1.82, 2.24) is 5.43 Å². The molecule has 1 amide bonds. The number of halogens is 1. The summed E-state index contributed by atoms with van der Waals surface area (Å²) in [5.41, 5.74) is 6.62. The van der Waals surface area contributed by atoms with Gasteiger partial charge in [-0.25, -0.2) is 5.43 Å². The fraction of sp³-hybridized carbons (Fsp3) is 0.280. The van der Waals surface area contributed by atoms with Crippen LogP contribution in [0.2, 0.25) is 5.02 Å². The first-order valence-electron chi connectivity index (χ1n) is 10.3. The van der Waals surface area contributed by atoms with Gasteiger partial charge in [0.15, 0.2) is 0 Å². The molecule has 0 saturated carbocycles. The molecule has 0 saturated heterocycles. The van der Waals surface area contributed by atoms with E-state index >= 15 is 0 Å². The van der Waals surface area contributed by atoms with Crippen LogP contribution in [0.1, 0.15) is 58.1 Å². The molecule has 2 aromatic carbocycles. The number of benzene rings is 2. The van der Waals surface area contributed by atoms with E-state index in [1.54, 1.807) is 26.3 Å². The lowest BCUT2D eigenvalue weighted by Gasteiger charge is -2.17. The van der Waals surface area contributed by atoms with Crippen LogP contribution in [0.15, 0.2) is 52.2 Å². The largest absolute Gasteiger partial charge is 0.496 e. The number of hydrogen-bond donors (Lipinski definition) is 1. The van der Waals surface area contributed by atoms with Crippen molar-refractivity contribution in [3.63, 3.8) is 0 Å². The highest BCUT2D eigenvalue weighted by atomic mass is 35.5. The smallest absolute Gasteiger partial charge is 0.274 e. The van der Waals surface area contributed by atoms with E-state index in [1.807, 2.05) is 37.3 Å². The molecule has 7 heteroatoms. The highest BCUT2D eigenvalue weighted by molar-refractivity contribution is 6.31. The Morgan fingerprint density at radius 2 is 1.97 bits per heavy atom. The summed E-state index contributed by atoms with van der Waals surface area (Å²) in [6.07, 6.45) is 3.04. The normalized spacial score (nSPS) is 11.2. The molecular formula is C25H27ClN2O4. The Hall–Kier alpha value is -3.25. The molecule has 0 unspecified atom stereocenters. The zero-order chi connectivity index (χ0) is 23.3. The molecule has 168 valence electrons. The maximum Gasteiger partial charge on any atom is 0.274 e. The average molecular weight is 455 g/mol. The number of hydrazone groups is 1. The van der Waals surface area contributed by atoms with Gasteiger partial charge in [-0.05, 0) is 72.9 Å².